The fourth-order valence-corrected chi connectivity index (χ4v) is 4.75. The summed E-state index contributed by atoms with van der Waals surface area (Å²) in [6.07, 6.45) is -0.327. The second kappa shape index (κ2) is 9.31. The number of para-hydroxylation sites is 3. The molecule has 1 aliphatic rings. The summed E-state index contributed by atoms with van der Waals surface area (Å²) in [5.41, 5.74) is 4.95. The number of imidazole rings is 1. The van der Waals surface area contributed by atoms with E-state index in [2.05, 4.69) is 10.6 Å². The van der Waals surface area contributed by atoms with Gasteiger partial charge in [-0.25, -0.2) is 4.98 Å². The van der Waals surface area contributed by atoms with Gasteiger partial charge in [-0.1, -0.05) is 48.0 Å². The van der Waals surface area contributed by atoms with Crippen molar-refractivity contribution in [2.24, 2.45) is 0 Å². The van der Waals surface area contributed by atoms with Gasteiger partial charge in [-0.2, -0.15) is 0 Å². The highest BCUT2D eigenvalue weighted by atomic mass is 16.5. The van der Waals surface area contributed by atoms with E-state index in [0.29, 0.717) is 19.5 Å². The highest BCUT2D eigenvalue weighted by Gasteiger charge is 2.35. The molecule has 2 heterocycles. The summed E-state index contributed by atoms with van der Waals surface area (Å²) in [4.78, 5) is 19.6. The predicted molar refractivity (Wildman–Crippen MR) is 133 cm³/mol. The van der Waals surface area contributed by atoms with E-state index >= 15 is 0 Å². The van der Waals surface area contributed by atoms with Crippen LogP contribution in [0.25, 0.3) is 11.0 Å². The topological polar surface area (TPSA) is 67.6 Å². The van der Waals surface area contributed by atoms with Crippen molar-refractivity contribution in [2.45, 2.75) is 38.8 Å². The summed E-state index contributed by atoms with van der Waals surface area (Å²) >= 11 is 0. The zero-order chi connectivity index (χ0) is 23.7. The monoisotopic (exact) mass is 455 g/mol. The molecule has 5 rings (SSSR count). The van der Waals surface area contributed by atoms with Crippen LogP contribution in [-0.2, 0) is 11.3 Å². The number of amides is 1. The van der Waals surface area contributed by atoms with E-state index in [0.717, 1.165) is 33.9 Å². The third kappa shape index (κ3) is 4.41. The van der Waals surface area contributed by atoms with Gasteiger partial charge >= 0.3 is 0 Å². The maximum atomic E-state index is 12.8. The molecule has 0 radical (unpaired) electrons. The van der Waals surface area contributed by atoms with Gasteiger partial charge in [0.1, 0.15) is 24.3 Å². The second-order valence-electron chi connectivity index (χ2n) is 9.04. The summed E-state index contributed by atoms with van der Waals surface area (Å²) in [5.74, 6) is 1.65. The maximum absolute atomic E-state index is 12.8. The number of hydrogen-bond donors (Lipinski definition) is 1. The van der Waals surface area contributed by atoms with Crippen molar-refractivity contribution in [1.82, 2.24) is 9.55 Å². The van der Waals surface area contributed by atoms with E-state index in [9.17, 15) is 9.90 Å². The molecule has 1 fully saturated rings. The largest absolute Gasteiger partial charge is 0.491 e. The number of aliphatic hydroxyl groups excluding tert-OH is 1. The van der Waals surface area contributed by atoms with Gasteiger partial charge in [-0.3, -0.25) is 4.79 Å². The number of ether oxygens (including phenoxy) is 1. The molecule has 6 heteroatoms. The Balaban J connectivity index is 1.38. The van der Waals surface area contributed by atoms with Gasteiger partial charge in [0.05, 0.1) is 17.6 Å². The molecule has 174 valence electrons. The first-order valence-corrected chi connectivity index (χ1v) is 11.7. The summed E-state index contributed by atoms with van der Waals surface area (Å²) in [6, 6.07) is 23.7. The van der Waals surface area contributed by atoms with Crippen molar-refractivity contribution in [2.75, 3.05) is 18.1 Å². The van der Waals surface area contributed by atoms with E-state index in [1.165, 1.54) is 5.56 Å². The second-order valence-corrected chi connectivity index (χ2v) is 9.04. The molecule has 0 bridgehead atoms. The molecule has 34 heavy (non-hydrogen) atoms. The van der Waals surface area contributed by atoms with E-state index in [4.69, 9.17) is 9.72 Å². The van der Waals surface area contributed by atoms with Crippen LogP contribution in [0.1, 0.15) is 29.3 Å². The number of aryl methyl sites for hydroxylation is 2. The lowest BCUT2D eigenvalue weighted by Crippen LogP contribution is -2.26. The molecule has 1 aromatic heterocycles. The summed E-state index contributed by atoms with van der Waals surface area (Å²) in [7, 11) is 0. The van der Waals surface area contributed by atoms with Crippen molar-refractivity contribution < 1.29 is 14.6 Å². The van der Waals surface area contributed by atoms with Gasteiger partial charge < -0.3 is 19.3 Å². The normalized spacial score (nSPS) is 16.9. The number of benzene rings is 3. The van der Waals surface area contributed by atoms with Crippen LogP contribution in [0, 0.1) is 13.8 Å². The Kier molecular flexibility index (Phi) is 6.07. The Morgan fingerprint density at radius 2 is 1.82 bits per heavy atom. The molecule has 2 atom stereocenters. The number of carbonyl (C=O) groups excluding carboxylic acids is 1. The molecule has 6 nitrogen and oxygen atoms in total. The van der Waals surface area contributed by atoms with Crippen LogP contribution in [0.15, 0.2) is 72.8 Å². The van der Waals surface area contributed by atoms with Gasteiger partial charge in [-0.05, 0) is 49.7 Å². The molecule has 1 amide bonds. The minimum atomic E-state index is -0.723. The number of rotatable bonds is 7. The average Bonchev–Trinajstić information content (AvgIpc) is 3.40. The van der Waals surface area contributed by atoms with Crippen LogP contribution in [0.4, 0.5) is 5.69 Å². The van der Waals surface area contributed by atoms with Crippen molar-refractivity contribution >= 4 is 22.6 Å². The molecule has 0 unspecified atom stereocenters. The third-order valence-electron chi connectivity index (χ3n) is 6.40. The average molecular weight is 456 g/mol. The lowest BCUT2D eigenvalue weighted by molar-refractivity contribution is -0.117. The lowest BCUT2D eigenvalue weighted by Gasteiger charge is -2.19. The predicted octanol–water partition coefficient (Wildman–Crippen LogP) is 4.61. The number of carbonyl (C=O) groups is 1. The Bertz CT molecular complexity index is 1320. The number of anilines is 1. The van der Waals surface area contributed by atoms with Crippen molar-refractivity contribution in [1.29, 1.82) is 0 Å². The number of fused-ring (bicyclic) bond motifs is 1. The third-order valence-corrected chi connectivity index (χ3v) is 6.40. The molecule has 0 aliphatic carbocycles. The minimum Gasteiger partial charge on any atom is -0.491 e. The van der Waals surface area contributed by atoms with Gasteiger partial charge in [0.2, 0.25) is 5.91 Å². The summed E-state index contributed by atoms with van der Waals surface area (Å²) in [5, 5.41) is 10.9. The number of aliphatic hydroxyl groups is 1. The van der Waals surface area contributed by atoms with Crippen molar-refractivity contribution in [3.05, 3.63) is 89.7 Å². The SMILES string of the molecule is Cc1ccc(OC[C@@H](O)Cn2c([C@@H]3CC(=O)N(c4ccccc4)C3)nc3ccccc32)c(C)c1. The molecule has 3 aromatic carbocycles. The standard InChI is InChI=1S/C28H29N3O3/c1-19-12-13-26(20(2)14-19)34-18-23(32)17-31-25-11-7-6-10-24(25)29-28(31)21-15-27(33)30(16-21)22-8-4-3-5-9-22/h3-14,21,23,32H,15-18H2,1-2H3/t21-,23+/m1/s1. The molecule has 1 N–H and O–H groups in total. The van der Waals surface area contributed by atoms with Crippen LogP contribution in [-0.4, -0.2) is 39.8 Å². The van der Waals surface area contributed by atoms with Gasteiger partial charge in [-0.15, -0.1) is 0 Å². The number of nitrogens with zero attached hydrogens (tertiary/aromatic N) is 3. The first-order chi connectivity index (χ1) is 16.5. The Morgan fingerprint density at radius 1 is 1.06 bits per heavy atom. The van der Waals surface area contributed by atoms with E-state index in [1.807, 2.05) is 85.5 Å². The molecule has 1 aliphatic heterocycles. The first kappa shape index (κ1) is 22.2. The van der Waals surface area contributed by atoms with Gasteiger partial charge in [0.15, 0.2) is 0 Å². The number of hydrogen-bond acceptors (Lipinski definition) is 4. The van der Waals surface area contributed by atoms with Crippen LogP contribution in [0.2, 0.25) is 0 Å². The fourth-order valence-electron chi connectivity index (χ4n) is 4.75. The zero-order valence-electron chi connectivity index (χ0n) is 19.5. The van der Waals surface area contributed by atoms with E-state index in [-0.39, 0.29) is 18.4 Å². The van der Waals surface area contributed by atoms with Crippen molar-refractivity contribution in [3.8, 4) is 5.75 Å². The van der Waals surface area contributed by atoms with Gasteiger partial charge in [0.25, 0.3) is 0 Å². The highest BCUT2D eigenvalue weighted by Crippen LogP contribution is 2.33. The Morgan fingerprint density at radius 3 is 2.62 bits per heavy atom. The van der Waals surface area contributed by atoms with E-state index < -0.39 is 6.10 Å². The molecule has 1 saturated heterocycles. The zero-order valence-corrected chi connectivity index (χ0v) is 19.5. The smallest absolute Gasteiger partial charge is 0.227 e. The Labute approximate surface area is 199 Å². The molecule has 0 saturated carbocycles. The number of aromatic nitrogens is 2. The quantitative estimate of drug-likeness (QED) is 0.442. The molecule has 0 spiro atoms. The molecular weight excluding hydrogens is 426 g/mol. The highest BCUT2D eigenvalue weighted by molar-refractivity contribution is 5.96. The van der Waals surface area contributed by atoms with Crippen LogP contribution < -0.4 is 9.64 Å². The van der Waals surface area contributed by atoms with Crippen LogP contribution in [0.5, 0.6) is 5.75 Å². The van der Waals surface area contributed by atoms with Crippen molar-refractivity contribution in [3.63, 3.8) is 0 Å². The van der Waals surface area contributed by atoms with E-state index in [1.54, 1.807) is 0 Å². The summed E-state index contributed by atoms with van der Waals surface area (Å²) < 4.78 is 7.98. The Hall–Kier alpha value is -3.64. The first-order valence-electron chi connectivity index (χ1n) is 11.7. The fraction of sp³-hybridized carbons (Fsp3) is 0.286. The minimum absolute atomic E-state index is 0.0485. The molecule has 4 aromatic rings. The summed E-state index contributed by atoms with van der Waals surface area (Å²) in [6.45, 7) is 5.14. The lowest BCUT2D eigenvalue weighted by atomic mass is 10.1. The van der Waals surface area contributed by atoms with Crippen LogP contribution >= 0.6 is 0 Å². The molecular formula is C28H29N3O3. The van der Waals surface area contributed by atoms with Crippen LogP contribution in [0.3, 0.4) is 0 Å². The maximum Gasteiger partial charge on any atom is 0.227 e. The van der Waals surface area contributed by atoms with Gasteiger partial charge in [0, 0.05) is 24.6 Å².